The number of benzene rings is 1. The zero-order valence-electron chi connectivity index (χ0n) is 9.38. The van der Waals surface area contributed by atoms with Gasteiger partial charge in [0.2, 0.25) is 0 Å². The van der Waals surface area contributed by atoms with Gasteiger partial charge in [-0.3, -0.25) is 14.9 Å². The first kappa shape index (κ1) is 13.1. The average molecular weight is 239 g/mol. The van der Waals surface area contributed by atoms with E-state index in [1.54, 1.807) is 0 Å². The highest BCUT2D eigenvalue weighted by molar-refractivity contribution is 5.95. The molecule has 0 fully saturated rings. The van der Waals surface area contributed by atoms with E-state index in [1.807, 2.05) is 0 Å². The van der Waals surface area contributed by atoms with Gasteiger partial charge >= 0.3 is 5.69 Å². The first-order chi connectivity index (χ1) is 8.06. The maximum absolute atomic E-state index is 11.1. The summed E-state index contributed by atoms with van der Waals surface area (Å²) in [5, 5.41) is 19.4. The Morgan fingerprint density at radius 1 is 1.53 bits per heavy atom. The van der Waals surface area contributed by atoms with Gasteiger partial charge in [-0.05, 0) is 19.1 Å². The summed E-state index contributed by atoms with van der Waals surface area (Å²) < 4.78 is 5.16. The summed E-state index contributed by atoms with van der Waals surface area (Å²) in [6.45, 7) is 1.49. The SMILES string of the molecule is CC(=O)c1ccc(OCCCO)c([N+](=O)[O-])c1. The van der Waals surface area contributed by atoms with Crippen LogP contribution in [0.4, 0.5) is 5.69 Å². The van der Waals surface area contributed by atoms with Gasteiger partial charge in [0.05, 0.1) is 11.5 Å². The Morgan fingerprint density at radius 2 is 2.24 bits per heavy atom. The normalized spacial score (nSPS) is 10.0. The number of nitro groups is 1. The Kier molecular flexibility index (Phi) is 4.59. The van der Waals surface area contributed by atoms with Gasteiger partial charge in [-0.1, -0.05) is 0 Å². The largest absolute Gasteiger partial charge is 0.487 e. The zero-order valence-corrected chi connectivity index (χ0v) is 9.38. The summed E-state index contributed by atoms with van der Waals surface area (Å²) in [4.78, 5) is 21.3. The lowest BCUT2D eigenvalue weighted by atomic mass is 10.1. The smallest absolute Gasteiger partial charge is 0.311 e. The third-order valence-electron chi connectivity index (χ3n) is 2.12. The van der Waals surface area contributed by atoms with Crippen molar-refractivity contribution in [2.45, 2.75) is 13.3 Å². The Bertz CT molecular complexity index is 430. The Hall–Kier alpha value is -1.95. The molecule has 0 atom stereocenters. The maximum Gasteiger partial charge on any atom is 0.311 e. The highest BCUT2D eigenvalue weighted by atomic mass is 16.6. The molecule has 0 aliphatic heterocycles. The van der Waals surface area contributed by atoms with Crippen molar-refractivity contribution in [3.05, 3.63) is 33.9 Å². The predicted octanol–water partition coefficient (Wildman–Crippen LogP) is 1.56. The fourth-order valence-electron chi connectivity index (χ4n) is 1.25. The monoisotopic (exact) mass is 239 g/mol. The Morgan fingerprint density at radius 3 is 2.76 bits per heavy atom. The molecular weight excluding hydrogens is 226 g/mol. The van der Waals surface area contributed by atoms with Crippen molar-refractivity contribution in [1.82, 2.24) is 0 Å². The van der Waals surface area contributed by atoms with Crippen LogP contribution in [0.5, 0.6) is 5.75 Å². The quantitative estimate of drug-likeness (QED) is 0.352. The molecule has 0 amide bonds. The molecule has 1 rings (SSSR count). The number of nitrogens with zero attached hydrogens (tertiary/aromatic N) is 1. The van der Waals surface area contributed by atoms with Gasteiger partial charge < -0.3 is 9.84 Å². The molecule has 0 spiro atoms. The lowest BCUT2D eigenvalue weighted by Crippen LogP contribution is -2.03. The average Bonchev–Trinajstić information content (AvgIpc) is 2.29. The molecule has 6 heteroatoms. The van der Waals surface area contributed by atoms with E-state index in [9.17, 15) is 14.9 Å². The van der Waals surface area contributed by atoms with Gasteiger partial charge in [0.15, 0.2) is 11.5 Å². The van der Waals surface area contributed by atoms with E-state index < -0.39 is 4.92 Å². The van der Waals surface area contributed by atoms with Crippen molar-refractivity contribution in [3.8, 4) is 5.75 Å². The minimum atomic E-state index is -0.597. The van der Waals surface area contributed by atoms with Gasteiger partial charge in [-0.25, -0.2) is 0 Å². The molecule has 0 saturated carbocycles. The van der Waals surface area contributed by atoms with Crippen LogP contribution in [-0.4, -0.2) is 29.0 Å². The summed E-state index contributed by atoms with van der Waals surface area (Å²) in [5.41, 5.74) is 0.0295. The van der Waals surface area contributed by atoms with Crippen LogP contribution in [0, 0.1) is 10.1 Å². The van der Waals surface area contributed by atoms with Gasteiger partial charge in [0, 0.05) is 24.7 Å². The molecule has 1 N–H and O–H groups in total. The molecular formula is C11H13NO5. The lowest BCUT2D eigenvalue weighted by molar-refractivity contribution is -0.385. The van der Waals surface area contributed by atoms with Crippen LogP contribution in [0.15, 0.2) is 18.2 Å². The summed E-state index contributed by atoms with van der Waals surface area (Å²) >= 11 is 0. The standard InChI is InChI=1S/C11H13NO5/c1-8(14)9-3-4-11(17-6-2-5-13)10(7-9)12(15)16/h3-4,7,13H,2,5-6H2,1H3. The minimum Gasteiger partial charge on any atom is -0.487 e. The summed E-state index contributed by atoms with van der Waals surface area (Å²) in [5.74, 6) is -0.136. The molecule has 1 aromatic rings. The minimum absolute atomic E-state index is 0.0423. The molecule has 0 radical (unpaired) electrons. The fraction of sp³-hybridized carbons (Fsp3) is 0.364. The van der Waals surface area contributed by atoms with Crippen molar-refractivity contribution in [1.29, 1.82) is 0 Å². The lowest BCUT2D eigenvalue weighted by Gasteiger charge is -2.06. The fourth-order valence-corrected chi connectivity index (χ4v) is 1.25. The van der Waals surface area contributed by atoms with E-state index in [0.717, 1.165) is 0 Å². The number of rotatable bonds is 6. The second-order valence-corrected chi connectivity index (χ2v) is 3.42. The second-order valence-electron chi connectivity index (χ2n) is 3.42. The van der Waals surface area contributed by atoms with E-state index in [0.29, 0.717) is 6.42 Å². The topological polar surface area (TPSA) is 89.7 Å². The molecule has 17 heavy (non-hydrogen) atoms. The van der Waals surface area contributed by atoms with Crippen molar-refractivity contribution >= 4 is 11.5 Å². The number of ether oxygens (including phenoxy) is 1. The molecule has 6 nitrogen and oxygen atoms in total. The van der Waals surface area contributed by atoms with Crippen molar-refractivity contribution in [2.24, 2.45) is 0 Å². The first-order valence-corrected chi connectivity index (χ1v) is 5.09. The van der Waals surface area contributed by atoms with Crippen LogP contribution < -0.4 is 4.74 Å². The number of carbonyl (C=O) groups is 1. The molecule has 1 aromatic carbocycles. The highest BCUT2D eigenvalue weighted by Gasteiger charge is 2.17. The Labute approximate surface area is 98.0 Å². The van der Waals surface area contributed by atoms with Crippen LogP contribution in [0.25, 0.3) is 0 Å². The van der Waals surface area contributed by atoms with Crippen LogP contribution in [-0.2, 0) is 0 Å². The van der Waals surface area contributed by atoms with Gasteiger partial charge in [0.1, 0.15) is 0 Å². The second kappa shape index (κ2) is 5.95. The molecule has 0 aliphatic carbocycles. The number of ketones is 1. The van der Waals surface area contributed by atoms with Crippen LogP contribution in [0.3, 0.4) is 0 Å². The van der Waals surface area contributed by atoms with Crippen molar-refractivity contribution in [3.63, 3.8) is 0 Å². The highest BCUT2D eigenvalue weighted by Crippen LogP contribution is 2.28. The molecule has 92 valence electrons. The first-order valence-electron chi connectivity index (χ1n) is 5.09. The van der Waals surface area contributed by atoms with Gasteiger partial charge in [-0.2, -0.15) is 0 Å². The van der Waals surface area contributed by atoms with E-state index in [-0.39, 0.29) is 36.0 Å². The number of aliphatic hydroxyl groups is 1. The molecule has 0 unspecified atom stereocenters. The number of hydrogen-bond acceptors (Lipinski definition) is 5. The predicted molar refractivity (Wildman–Crippen MR) is 60.3 cm³/mol. The number of aliphatic hydroxyl groups excluding tert-OH is 1. The summed E-state index contributed by atoms with van der Waals surface area (Å²) in [6.07, 6.45) is 0.394. The van der Waals surface area contributed by atoms with Crippen LogP contribution in [0.1, 0.15) is 23.7 Å². The third kappa shape index (κ3) is 3.53. The van der Waals surface area contributed by atoms with Gasteiger partial charge in [0.25, 0.3) is 0 Å². The number of nitro benzene ring substituents is 1. The summed E-state index contributed by atoms with van der Waals surface area (Å²) in [7, 11) is 0. The molecule has 0 aromatic heterocycles. The van der Waals surface area contributed by atoms with E-state index >= 15 is 0 Å². The molecule has 0 aliphatic rings. The van der Waals surface area contributed by atoms with Crippen molar-refractivity contribution in [2.75, 3.05) is 13.2 Å². The number of Topliss-reactive ketones (excluding diaryl/α,β-unsaturated/α-hetero) is 1. The molecule has 0 bridgehead atoms. The summed E-state index contributed by atoms with van der Waals surface area (Å²) in [6, 6.07) is 4.06. The van der Waals surface area contributed by atoms with Crippen LogP contribution in [0.2, 0.25) is 0 Å². The maximum atomic E-state index is 11.1. The van der Waals surface area contributed by atoms with Crippen LogP contribution >= 0.6 is 0 Å². The van der Waals surface area contributed by atoms with E-state index in [2.05, 4.69) is 0 Å². The van der Waals surface area contributed by atoms with Crippen molar-refractivity contribution < 1.29 is 19.6 Å². The number of hydrogen-bond donors (Lipinski definition) is 1. The zero-order chi connectivity index (χ0) is 12.8. The Balaban J connectivity index is 2.96. The third-order valence-corrected chi connectivity index (χ3v) is 2.12. The van der Waals surface area contributed by atoms with E-state index in [1.165, 1.54) is 25.1 Å². The van der Waals surface area contributed by atoms with E-state index in [4.69, 9.17) is 9.84 Å². The number of carbonyl (C=O) groups excluding carboxylic acids is 1. The molecule has 0 saturated heterocycles. The van der Waals surface area contributed by atoms with Gasteiger partial charge in [-0.15, -0.1) is 0 Å². The molecule has 0 heterocycles.